The Morgan fingerprint density at radius 3 is 2.81 bits per heavy atom. The first-order valence-electron chi connectivity index (χ1n) is 4.51. The summed E-state index contributed by atoms with van der Waals surface area (Å²) in [7, 11) is 4.78. The van der Waals surface area contributed by atoms with Crippen LogP contribution in [0.15, 0.2) is 41.7 Å². The molecule has 0 fully saturated rings. The number of hydrogen-bond acceptors (Lipinski definition) is 6. The van der Waals surface area contributed by atoms with Crippen molar-refractivity contribution in [2.45, 2.75) is 0 Å². The molecule has 0 aromatic heterocycles. The number of nitrogens with two attached hydrogens (primary N) is 1. The van der Waals surface area contributed by atoms with Crippen molar-refractivity contribution in [3.63, 3.8) is 0 Å². The van der Waals surface area contributed by atoms with Crippen LogP contribution in [-0.4, -0.2) is 30.6 Å². The number of hydrazine groups is 1. The van der Waals surface area contributed by atoms with Crippen LogP contribution in [0.5, 0.6) is 0 Å². The van der Waals surface area contributed by atoms with Crippen LogP contribution in [0.25, 0.3) is 0 Å². The van der Waals surface area contributed by atoms with E-state index >= 15 is 0 Å². The van der Waals surface area contributed by atoms with Gasteiger partial charge < -0.3 is 4.74 Å². The molecule has 2 N–H and O–H groups in total. The van der Waals surface area contributed by atoms with Gasteiger partial charge in [0.1, 0.15) is 0 Å². The predicted molar refractivity (Wildman–Crippen MR) is 74.9 cm³/mol. The third kappa shape index (κ3) is 8.46. The van der Waals surface area contributed by atoms with Crippen molar-refractivity contribution in [3.05, 3.63) is 36.7 Å². The normalized spacial score (nSPS) is 10.1. The van der Waals surface area contributed by atoms with Crippen LogP contribution in [0.2, 0.25) is 0 Å². The molecule has 4 nitrogen and oxygen atoms in total. The molecule has 0 heterocycles. The van der Waals surface area contributed by atoms with Crippen LogP contribution in [0.1, 0.15) is 0 Å². The van der Waals surface area contributed by atoms with E-state index in [2.05, 4.69) is 24.7 Å². The molecule has 0 aromatic rings. The van der Waals surface area contributed by atoms with E-state index in [-0.39, 0.29) is 0 Å². The molecule has 0 aliphatic rings. The maximum atomic E-state index is 5.41. The standard InChI is InChI=1S/C10H17N3OS2/c1-5-6-12-9(2)16-15-8-7-14-10(3)13(4)11/h5-6H,1-3,7-8,11H2,4H3. The monoisotopic (exact) mass is 259 g/mol. The van der Waals surface area contributed by atoms with Crippen molar-refractivity contribution in [1.29, 1.82) is 0 Å². The van der Waals surface area contributed by atoms with Gasteiger partial charge in [0.15, 0.2) is 5.88 Å². The molecule has 0 saturated heterocycles. The van der Waals surface area contributed by atoms with Gasteiger partial charge in [0, 0.05) is 19.0 Å². The second-order valence-electron chi connectivity index (χ2n) is 2.67. The summed E-state index contributed by atoms with van der Waals surface area (Å²) in [6, 6.07) is 0. The molecule has 16 heavy (non-hydrogen) atoms. The molecule has 0 aromatic carbocycles. The van der Waals surface area contributed by atoms with E-state index in [4.69, 9.17) is 10.6 Å². The molecule has 0 spiro atoms. The quantitative estimate of drug-likeness (QED) is 0.172. The lowest BCUT2D eigenvalue weighted by atomic mass is 10.7. The molecule has 0 saturated carbocycles. The average Bonchev–Trinajstić information content (AvgIpc) is 2.25. The lowest BCUT2D eigenvalue weighted by molar-refractivity contribution is 0.142. The Morgan fingerprint density at radius 2 is 2.25 bits per heavy atom. The van der Waals surface area contributed by atoms with Crippen molar-refractivity contribution in [2.24, 2.45) is 10.8 Å². The molecular weight excluding hydrogens is 242 g/mol. The van der Waals surface area contributed by atoms with Crippen LogP contribution in [0.4, 0.5) is 0 Å². The summed E-state index contributed by atoms with van der Waals surface area (Å²) in [5.74, 6) is 6.67. The van der Waals surface area contributed by atoms with E-state index in [1.807, 2.05) is 0 Å². The first kappa shape index (κ1) is 15.2. The van der Waals surface area contributed by atoms with Crippen molar-refractivity contribution in [1.82, 2.24) is 5.01 Å². The molecule has 6 heteroatoms. The Balaban J connectivity index is 3.47. The molecule has 90 valence electrons. The number of hydrogen-bond donors (Lipinski definition) is 1. The Hall–Kier alpha value is -0.850. The third-order valence-corrected chi connectivity index (χ3v) is 3.49. The van der Waals surface area contributed by atoms with E-state index in [0.717, 1.165) is 10.8 Å². The van der Waals surface area contributed by atoms with Crippen LogP contribution < -0.4 is 5.84 Å². The van der Waals surface area contributed by atoms with E-state index < -0.39 is 0 Å². The van der Waals surface area contributed by atoms with Gasteiger partial charge in [0.2, 0.25) is 0 Å². The van der Waals surface area contributed by atoms with E-state index in [1.165, 1.54) is 15.8 Å². The van der Waals surface area contributed by atoms with Crippen LogP contribution in [-0.2, 0) is 4.74 Å². The Kier molecular flexibility index (Phi) is 8.88. The zero-order valence-corrected chi connectivity index (χ0v) is 11.0. The smallest absolute Gasteiger partial charge is 0.195 e. The second-order valence-corrected chi connectivity index (χ2v) is 5.15. The molecule has 0 rings (SSSR count). The molecule has 0 amide bonds. The largest absolute Gasteiger partial charge is 0.478 e. The van der Waals surface area contributed by atoms with E-state index in [0.29, 0.717) is 12.5 Å². The summed E-state index contributed by atoms with van der Waals surface area (Å²) in [6.45, 7) is 11.5. The predicted octanol–water partition coefficient (Wildman–Crippen LogP) is 2.39. The molecule has 0 radical (unpaired) electrons. The molecule has 0 unspecified atom stereocenters. The highest BCUT2D eigenvalue weighted by Gasteiger charge is 1.98. The fraction of sp³-hybridized carbons (Fsp3) is 0.300. The van der Waals surface area contributed by atoms with Gasteiger partial charge in [-0.15, -0.1) is 0 Å². The van der Waals surface area contributed by atoms with E-state index in [1.54, 1.807) is 30.1 Å². The number of rotatable bonds is 9. The maximum absolute atomic E-state index is 5.41. The van der Waals surface area contributed by atoms with Crippen molar-refractivity contribution in [2.75, 3.05) is 19.4 Å². The number of allylic oxidation sites excluding steroid dienone is 1. The third-order valence-electron chi connectivity index (χ3n) is 1.31. The fourth-order valence-corrected chi connectivity index (χ4v) is 2.03. The minimum Gasteiger partial charge on any atom is -0.478 e. The summed E-state index contributed by atoms with van der Waals surface area (Å²) < 4.78 is 5.25. The lowest BCUT2D eigenvalue weighted by Crippen LogP contribution is -2.26. The Morgan fingerprint density at radius 1 is 1.56 bits per heavy atom. The molecule has 0 aliphatic carbocycles. The number of ether oxygens (including phenoxy) is 1. The summed E-state index contributed by atoms with van der Waals surface area (Å²) in [4.78, 5) is 4.02. The highest BCUT2D eigenvalue weighted by molar-refractivity contribution is 8.78. The summed E-state index contributed by atoms with van der Waals surface area (Å²) >= 11 is 0. The van der Waals surface area contributed by atoms with Crippen molar-refractivity contribution < 1.29 is 4.74 Å². The molecule has 0 aliphatic heterocycles. The first-order chi connectivity index (χ1) is 7.57. The van der Waals surface area contributed by atoms with Gasteiger partial charge in [-0.2, -0.15) is 0 Å². The van der Waals surface area contributed by atoms with Crippen LogP contribution in [0, 0.1) is 0 Å². The van der Waals surface area contributed by atoms with Gasteiger partial charge >= 0.3 is 0 Å². The lowest BCUT2D eigenvalue weighted by Gasteiger charge is -2.15. The van der Waals surface area contributed by atoms with Gasteiger partial charge in [0.25, 0.3) is 0 Å². The Labute approximate surface area is 105 Å². The zero-order chi connectivity index (χ0) is 12.4. The van der Waals surface area contributed by atoms with Crippen LogP contribution >= 0.6 is 21.6 Å². The topological polar surface area (TPSA) is 50.8 Å². The van der Waals surface area contributed by atoms with E-state index in [9.17, 15) is 0 Å². The minimum atomic E-state index is 0.453. The molecule has 0 atom stereocenters. The van der Waals surface area contributed by atoms with Gasteiger partial charge in [-0.05, 0) is 17.4 Å². The highest BCUT2D eigenvalue weighted by Crippen LogP contribution is 2.29. The average molecular weight is 259 g/mol. The van der Waals surface area contributed by atoms with Gasteiger partial charge in [-0.25, -0.2) is 10.8 Å². The highest BCUT2D eigenvalue weighted by atomic mass is 33.1. The maximum Gasteiger partial charge on any atom is 0.195 e. The molecule has 0 bridgehead atoms. The second kappa shape index (κ2) is 9.38. The van der Waals surface area contributed by atoms with Crippen molar-refractivity contribution in [3.8, 4) is 0 Å². The van der Waals surface area contributed by atoms with Crippen LogP contribution in [0.3, 0.4) is 0 Å². The number of nitrogens with zero attached hydrogens (tertiary/aromatic N) is 2. The SMILES string of the molecule is C=CC=NC(=C)SSCCOC(=C)N(C)N. The fourth-order valence-electron chi connectivity index (χ4n) is 0.562. The molecular formula is C10H17N3OS2. The summed E-state index contributed by atoms with van der Waals surface area (Å²) in [5, 5.41) is 2.07. The summed E-state index contributed by atoms with van der Waals surface area (Å²) in [5.41, 5.74) is 0. The van der Waals surface area contributed by atoms with Crippen molar-refractivity contribution >= 4 is 27.8 Å². The van der Waals surface area contributed by atoms with Gasteiger partial charge in [-0.3, -0.25) is 5.01 Å². The Bertz CT molecular complexity index is 277. The summed E-state index contributed by atoms with van der Waals surface area (Å²) in [6.07, 6.45) is 3.22. The first-order valence-corrected chi connectivity index (χ1v) is 6.83. The zero-order valence-electron chi connectivity index (χ0n) is 9.39. The minimum absolute atomic E-state index is 0.453. The van der Waals surface area contributed by atoms with Gasteiger partial charge in [-0.1, -0.05) is 30.0 Å². The number of aliphatic imine (C=N–C) groups is 1. The van der Waals surface area contributed by atoms with Gasteiger partial charge in [0.05, 0.1) is 11.6 Å².